The summed E-state index contributed by atoms with van der Waals surface area (Å²) in [6.07, 6.45) is 1.70. The number of nitrogens with one attached hydrogen (secondary N) is 2. The Morgan fingerprint density at radius 1 is 1.00 bits per heavy atom. The second-order valence-electron chi connectivity index (χ2n) is 8.79. The van der Waals surface area contributed by atoms with Crippen molar-refractivity contribution in [3.8, 4) is 16.3 Å². The highest BCUT2D eigenvalue weighted by Gasteiger charge is 2.25. The van der Waals surface area contributed by atoms with Gasteiger partial charge in [-0.2, -0.15) is 5.10 Å². The van der Waals surface area contributed by atoms with Gasteiger partial charge >= 0.3 is 0 Å². The fraction of sp³-hybridized carbons (Fsp3) is 0.200. The minimum atomic E-state index is -3.75. The normalized spacial score (nSPS) is 12.0. The summed E-state index contributed by atoms with van der Waals surface area (Å²) < 4.78 is 30.2. The molecule has 2 N–H and O–H groups in total. The minimum absolute atomic E-state index is 0.0560. The lowest BCUT2D eigenvalue weighted by Gasteiger charge is -2.21. The van der Waals surface area contributed by atoms with Crippen molar-refractivity contribution in [3.63, 3.8) is 0 Å². The fourth-order valence-electron chi connectivity index (χ4n) is 3.49. The summed E-state index contributed by atoms with van der Waals surface area (Å²) in [5.74, 6) is -0.332. The molecule has 2 heterocycles. The number of para-hydroxylation sites is 1. The van der Waals surface area contributed by atoms with E-state index in [2.05, 4.69) is 15.1 Å². The van der Waals surface area contributed by atoms with Gasteiger partial charge in [-0.3, -0.25) is 4.79 Å². The molecule has 4 rings (SSSR count). The quantitative estimate of drug-likeness (QED) is 0.392. The van der Waals surface area contributed by atoms with Gasteiger partial charge in [0, 0.05) is 18.3 Å². The number of hydrogen-bond donors (Lipinski definition) is 2. The van der Waals surface area contributed by atoms with Gasteiger partial charge in [-0.05, 0) is 56.0 Å². The molecular weight excluding hydrogens is 468 g/mol. The molecular formula is C25H26N4O3S2. The van der Waals surface area contributed by atoms with Crippen LogP contribution in [0, 0.1) is 0 Å². The molecule has 0 aliphatic heterocycles. The van der Waals surface area contributed by atoms with Crippen molar-refractivity contribution in [1.29, 1.82) is 0 Å². The molecule has 0 saturated carbocycles. The van der Waals surface area contributed by atoms with E-state index in [0.717, 1.165) is 10.6 Å². The summed E-state index contributed by atoms with van der Waals surface area (Å²) in [6, 6.07) is 20.0. The summed E-state index contributed by atoms with van der Waals surface area (Å²) in [5.41, 5.74) is 1.70. The lowest BCUT2D eigenvalue weighted by atomic mass is 10.1. The van der Waals surface area contributed by atoms with Gasteiger partial charge in [0.1, 0.15) is 5.69 Å². The third kappa shape index (κ3) is 5.44. The van der Waals surface area contributed by atoms with E-state index < -0.39 is 15.6 Å². The number of amides is 1. The van der Waals surface area contributed by atoms with E-state index in [-0.39, 0.29) is 17.3 Å². The maximum Gasteiger partial charge on any atom is 0.255 e. The van der Waals surface area contributed by atoms with Crippen LogP contribution in [0.25, 0.3) is 16.3 Å². The Kier molecular flexibility index (Phi) is 6.70. The third-order valence-corrected chi connectivity index (χ3v) is 7.61. The van der Waals surface area contributed by atoms with Gasteiger partial charge in [0.05, 0.1) is 21.0 Å². The van der Waals surface area contributed by atoms with Crippen molar-refractivity contribution in [2.24, 2.45) is 0 Å². The first-order valence-electron chi connectivity index (χ1n) is 10.7. The third-order valence-electron chi connectivity index (χ3n) is 4.88. The highest BCUT2D eigenvalue weighted by molar-refractivity contribution is 7.89. The number of carbonyl (C=O) groups is 1. The van der Waals surface area contributed by atoms with Crippen LogP contribution in [0.3, 0.4) is 0 Å². The van der Waals surface area contributed by atoms with Crippen LogP contribution in [0.2, 0.25) is 0 Å². The zero-order chi connectivity index (χ0) is 24.3. The Morgan fingerprint density at radius 3 is 2.38 bits per heavy atom. The molecule has 0 unspecified atom stereocenters. The molecule has 176 valence electrons. The Bertz CT molecular complexity index is 1390. The first-order chi connectivity index (χ1) is 16.1. The number of thiophene rings is 1. The van der Waals surface area contributed by atoms with Crippen LogP contribution in [0.5, 0.6) is 0 Å². The molecule has 0 radical (unpaired) electrons. The molecule has 0 aliphatic rings. The number of aromatic nitrogens is 2. The highest BCUT2D eigenvalue weighted by Crippen LogP contribution is 2.28. The molecule has 34 heavy (non-hydrogen) atoms. The van der Waals surface area contributed by atoms with Gasteiger partial charge in [-0.15, -0.1) is 11.3 Å². The summed E-state index contributed by atoms with van der Waals surface area (Å²) in [5, 5.41) is 9.47. The number of nitrogens with zero attached hydrogens (tertiary/aromatic N) is 2. The van der Waals surface area contributed by atoms with Crippen LogP contribution in [-0.2, 0) is 16.6 Å². The van der Waals surface area contributed by atoms with Gasteiger partial charge in [0.25, 0.3) is 5.91 Å². The Labute approximate surface area is 203 Å². The Hall–Kier alpha value is -3.27. The summed E-state index contributed by atoms with van der Waals surface area (Å²) in [6.45, 7) is 5.41. The maximum atomic E-state index is 13.2. The summed E-state index contributed by atoms with van der Waals surface area (Å²) in [4.78, 5) is 14.3. The highest BCUT2D eigenvalue weighted by atomic mass is 32.2. The van der Waals surface area contributed by atoms with Gasteiger partial charge < -0.3 is 5.32 Å². The van der Waals surface area contributed by atoms with Crippen molar-refractivity contribution in [2.75, 3.05) is 0 Å². The van der Waals surface area contributed by atoms with E-state index >= 15 is 0 Å². The van der Waals surface area contributed by atoms with E-state index in [1.54, 1.807) is 55.9 Å². The Balaban J connectivity index is 1.62. The minimum Gasteiger partial charge on any atom is -0.348 e. The lowest BCUT2D eigenvalue weighted by molar-refractivity contribution is 0.0951. The summed E-state index contributed by atoms with van der Waals surface area (Å²) >= 11 is 1.50. The number of hydrogen-bond acceptors (Lipinski definition) is 5. The topological polar surface area (TPSA) is 93.1 Å². The molecule has 2 aromatic heterocycles. The first kappa shape index (κ1) is 23.9. The van der Waals surface area contributed by atoms with Gasteiger partial charge in [0.2, 0.25) is 10.0 Å². The zero-order valence-corrected chi connectivity index (χ0v) is 20.8. The number of benzene rings is 2. The van der Waals surface area contributed by atoms with E-state index in [1.807, 2.05) is 47.8 Å². The van der Waals surface area contributed by atoms with Crippen LogP contribution in [0.1, 0.15) is 36.7 Å². The number of carbonyl (C=O) groups excluding carboxylic acids is 1. The van der Waals surface area contributed by atoms with Crippen molar-refractivity contribution >= 4 is 27.3 Å². The van der Waals surface area contributed by atoms with Crippen molar-refractivity contribution in [2.45, 2.75) is 37.8 Å². The molecule has 0 aliphatic carbocycles. The number of sulfonamides is 1. The lowest BCUT2D eigenvalue weighted by Crippen LogP contribution is -2.41. The molecule has 9 heteroatoms. The van der Waals surface area contributed by atoms with E-state index in [4.69, 9.17) is 0 Å². The van der Waals surface area contributed by atoms with Gasteiger partial charge in [-0.25, -0.2) is 17.8 Å². The molecule has 0 spiro atoms. The van der Waals surface area contributed by atoms with E-state index in [9.17, 15) is 13.2 Å². The Morgan fingerprint density at radius 2 is 1.71 bits per heavy atom. The van der Waals surface area contributed by atoms with Crippen LogP contribution >= 0.6 is 11.3 Å². The summed E-state index contributed by atoms with van der Waals surface area (Å²) in [7, 11) is -3.75. The number of rotatable bonds is 7. The average molecular weight is 495 g/mol. The average Bonchev–Trinajstić information content (AvgIpc) is 3.47. The largest absolute Gasteiger partial charge is 0.348 e. The molecule has 1 amide bonds. The van der Waals surface area contributed by atoms with Gasteiger partial charge in [-0.1, -0.05) is 42.5 Å². The van der Waals surface area contributed by atoms with Crippen LogP contribution < -0.4 is 10.0 Å². The monoisotopic (exact) mass is 494 g/mol. The molecule has 0 fully saturated rings. The van der Waals surface area contributed by atoms with E-state index in [1.165, 1.54) is 11.3 Å². The predicted octanol–water partition coefficient (Wildman–Crippen LogP) is 4.61. The second kappa shape index (κ2) is 9.54. The first-order valence-corrected chi connectivity index (χ1v) is 13.1. The smallest absolute Gasteiger partial charge is 0.255 e. The standard InChI is InChI=1S/C25H26N4O3S2/c1-25(2,3)28-34(31,32)22-14-8-7-10-18(22)16-26-24(30)20-17-29(19-11-5-4-6-12-19)27-23(20)21-13-9-15-33-21/h4-15,17,28H,16H2,1-3H3,(H,26,30). The molecule has 2 aromatic carbocycles. The van der Waals surface area contributed by atoms with Crippen LogP contribution in [0.4, 0.5) is 0 Å². The maximum absolute atomic E-state index is 13.2. The SMILES string of the molecule is CC(C)(C)NS(=O)(=O)c1ccccc1CNC(=O)c1cn(-c2ccccc2)nc1-c1cccs1. The molecule has 0 bridgehead atoms. The van der Waals surface area contributed by atoms with E-state index in [0.29, 0.717) is 16.8 Å². The van der Waals surface area contributed by atoms with Gasteiger partial charge in [0.15, 0.2) is 0 Å². The second-order valence-corrected chi connectivity index (χ2v) is 11.4. The van der Waals surface area contributed by atoms with Crippen LogP contribution in [-0.4, -0.2) is 29.6 Å². The van der Waals surface area contributed by atoms with Crippen molar-refractivity contribution in [1.82, 2.24) is 19.8 Å². The van der Waals surface area contributed by atoms with Crippen LogP contribution in [0.15, 0.2) is 83.2 Å². The molecule has 4 aromatic rings. The zero-order valence-electron chi connectivity index (χ0n) is 19.1. The predicted molar refractivity (Wildman–Crippen MR) is 135 cm³/mol. The van der Waals surface area contributed by atoms with Crippen molar-refractivity contribution < 1.29 is 13.2 Å². The molecule has 0 atom stereocenters. The van der Waals surface area contributed by atoms with Crippen molar-refractivity contribution in [3.05, 3.63) is 89.4 Å². The molecule has 0 saturated heterocycles. The fourth-order valence-corrected chi connectivity index (χ4v) is 5.87. The molecule has 7 nitrogen and oxygen atoms in total.